The number of hydrogen-bond donors (Lipinski definition) is 0. The second-order valence-electron chi connectivity index (χ2n) is 8.54. The van der Waals surface area contributed by atoms with E-state index in [0.717, 1.165) is 65.1 Å². The maximum atomic E-state index is 2.57. The van der Waals surface area contributed by atoms with Crippen molar-refractivity contribution in [1.29, 1.82) is 0 Å². The molecule has 110 valence electrons. The predicted molar refractivity (Wildman–Crippen MR) is 82.7 cm³/mol. The van der Waals surface area contributed by atoms with Crippen LogP contribution in [0.4, 0.5) is 0 Å². The molecule has 0 radical (unpaired) electrons. The lowest BCUT2D eigenvalue weighted by Crippen LogP contribution is -2.10. The SMILES string of the molecule is CCC1C(C)C1C(C)C1C(C)C1C(C)C1C(C)C1C. The Balaban J connectivity index is 1.59. The summed E-state index contributed by atoms with van der Waals surface area (Å²) in [4.78, 5) is 0. The lowest BCUT2D eigenvalue weighted by molar-refractivity contribution is 0.327. The largest absolute Gasteiger partial charge is 0.0651 e. The van der Waals surface area contributed by atoms with E-state index in [4.69, 9.17) is 0 Å². The Morgan fingerprint density at radius 3 is 1.47 bits per heavy atom. The Bertz CT molecular complexity index is 338. The van der Waals surface area contributed by atoms with Crippen molar-refractivity contribution >= 4 is 0 Å². The fraction of sp³-hybridized carbons (Fsp3) is 1.00. The van der Waals surface area contributed by atoms with E-state index in [1.54, 1.807) is 0 Å². The minimum atomic E-state index is 0.988. The summed E-state index contributed by atoms with van der Waals surface area (Å²) in [5.41, 5.74) is 0. The van der Waals surface area contributed by atoms with Gasteiger partial charge in [-0.2, -0.15) is 0 Å². The van der Waals surface area contributed by atoms with Crippen LogP contribution in [0.2, 0.25) is 0 Å². The van der Waals surface area contributed by atoms with Gasteiger partial charge < -0.3 is 0 Å². The van der Waals surface area contributed by atoms with Crippen LogP contribution in [0, 0.1) is 65.1 Å². The van der Waals surface area contributed by atoms with E-state index in [2.05, 4.69) is 48.5 Å². The predicted octanol–water partition coefficient (Wildman–Crippen LogP) is 5.33. The quantitative estimate of drug-likeness (QED) is 0.628. The Morgan fingerprint density at radius 1 is 0.632 bits per heavy atom. The van der Waals surface area contributed by atoms with Crippen molar-refractivity contribution in [3.8, 4) is 0 Å². The standard InChI is InChI=1S/C19H34/c1-8-15-11(4)17(15)13(6)19-14(7)18(19)12(5)16-9(2)10(16)3/h9-19H,8H2,1-7H3. The fourth-order valence-electron chi connectivity index (χ4n) is 6.45. The van der Waals surface area contributed by atoms with Crippen molar-refractivity contribution in [1.82, 2.24) is 0 Å². The summed E-state index contributed by atoms with van der Waals surface area (Å²) >= 11 is 0. The van der Waals surface area contributed by atoms with E-state index >= 15 is 0 Å². The van der Waals surface area contributed by atoms with Crippen LogP contribution in [0.15, 0.2) is 0 Å². The average Bonchev–Trinajstić information content (AvgIpc) is 3.28. The molecular weight excluding hydrogens is 228 g/mol. The third-order valence-corrected chi connectivity index (χ3v) is 7.96. The highest BCUT2D eigenvalue weighted by Crippen LogP contribution is 2.67. The molecule has 3 aliphatic carbocycles. The fourth-order valence-corrected chi connectivity index (χ4v) is 6.45. The third kappa shape index (κ3) is 2.00. The summed E-state index contributed by atoms with van der Waals surface area (Å²) in [7, 11) is 0. The van der Waals surface area contributed by atoms with Crippen LogP contribution in [0.5, 0.6) is 0 Å². The molecule has 0 heteroatoms. The molecule has 10 atom stereocenters. The highest BCUT2D eigenvalue weighted by atomic mass is 14.7. The van der Waals surface area contributed by atoms with Gasteiger partial charge >= 0.3 is 0 Å². The molecular formula is C19H34. The van der Waals surface area contributed by atoms with Crippen molar-refractivity contribution < 1.29 is 0 Å². The Morgan fingerprint density at radius 2 is 1.11 bits per heavy atom. The molecule has 10 unspecified atom stereocenters. The molecule has 0 N–H and O–H groups in total. The van der Waals surface area contributed by atoms with Crippen molar-refractivity contribution in [2.24, 2.45) is 65.1 Å². The van der Waals surface area contributed by atoms with Gasteiger partial charge in [-0.05, 0) is 65.1 Å². The second-order valence-corrected chi connectivity index (χ2v) is 8.54. The Labute approximate surface area is 120 Å². The molecule has 3 rings (SSSR count). The van der Waals surface area contributed by atoms with Crippen molar-refractivity contribution in [3.63, 3.8) is 0 Å². The van der Waals surface area contributed by atoms with E-state index in [9.17, 15) is 0 Å². The minimum absolute atomic E-state index is 0.988. The van der Waals surface area contributed by atoms with Crippen LogP contribution in [0.25, 0.3) is 0 Å². The Kier molecular flexibility index (Phi) is 3.31. The molecule has 0 saturated heterocycles. The molecule has 3 saturated carbocycles. The normalized spacial score (nSPS) is 58.6. The highest BCUT2D eigenvalue weighted by molar-refractivity contribution is 5.09. The van der Waals surface area contributed by atoms with Crippen molar-refractivity contribution in [2.75, 3.05) is 0 Å². The molecule has 0 heterocycles. The van der Waals surface area contributed by atoms with Gasteiger partial charge in [-0.3, -0.25) is 0 Å². The zero-order valence-electron chi connectivity index (χ0n) is 14.1. The van der Waals surface area contributed by atoms with Crippen LogP contribution in [-0.2, 0) is 0 Å². The minimum Gasteiger partial charge on any atom is -0.0651 e. The van der Waals surface area contributed by atoms with Crippen molar-refractivity contribution in [3.05, 3.63) is 0 Å². The lowest BCUT2D eigenvalue weighted by Gasteiger charge is -2.15. The zero-order valence-corrected chi connectivity index (χ0v) is 14.1. The summed E-state index contributed by atoms with van der Waals surface area (Å²) in [6.45, 7) is 17.5. The maximum absolute atomic E-state index is 2.57. The Hall–Kier alpha value is 0. The van der Waals surface area contributed by atoms with Crippen LogP contribution in [-0.4, -0.2) is 0 Å². The van der Waals surface area contributed by atoms with E-state index in [0.29, 0.717) is 0 Å². The average molecular weight is 262 g/mol. The first-order valence-corrected chi connectivity index (χ1v) is 8.91. The molecule has 0 aliphatic heterocycles. The molecule has 19 heavy (non-hydrogen) atoms. The van der Waals surface area contributed by atoms with Crippen LogP contribution in [0.3, 0.4) is 0 Å². The third-order valence-electron chi connectivity index (χ3n) is 7.96. The first-order valence-electron chi connectivity index (χ1n) is 8.91. The van der Waals surface area contributed by atoms with Gasteiger partial charge in [0.1, 0.15) is 0 Å². The monoisotopic (exact) mass is 262 g/mol. The first-order chi connectivity index (χ1) is 8.91. The second kappa shape index (κ2) is 4.50. The number of rotatable bonds is 5. The summed E-state index contributed by atoms with van der Waals surface area (Å²) in [5.74, 6) is 11.3. The summed E-state index contributed by atoms with van der Waals surface area (Å²) in [6, 6.07) is 0. The molecule has 0 aromatic rings. The summed E-state index contributed by atoms with van der Waals surface area (Å²) in [6.07, 6.45) is 1.41. The van der Waals surface area contributed by atoms with Gasteiger partial charge in [-0.25, -0.2) is 0 Å². The molecule has 3 aliphatic rings. The van der Waals surface area contributed by atoms with Crippen molar-refractivity contribution in [2.45, 2.75) is 54.9 Å². The molecule has 0 aromatic carbocycles. The zero-order chi connectivity index (χ0) is 14.1. The van der Waals surface area contributed by atoms with Gasteiger partial charge in [0, 0.05) is 0 Å². The molecule has 3 fully saturated rings. The smallest absolute Gasteiger partial charge is 0.0323 e. The van der Waals surface area contributed by atoms with E-state index in [-0.39, 0.29) is 0 Å². The topological polar surface area (TPSA) is 0 Å². The van der Waals surface area contributed by atoms with Crippen LogP contribution < -0.4 is 0 Å². The van der Waals surface area contributed by atoms with E-state index in [1.807, 2.05) is 0 Å². The lowest BCUT2D eigenvalue weighted by atomic mass is 9.90. The van der Waals surface area contributed by atoms with Gasteiger partial charge in [0.25, 0.3) is 0 Å². The summed E-state index contributed by atoms with van der Waals surface area (Å²) in [5, 5.41) is 0. The van der Waals surface area contributed by atoms with Crippen LogP contribution in [0.1, 0.15) is 54.9 Å². The molecule has 0 amide bonds. The maximum Gasteiger partial charge on any atom is -0.0323 e. The van der Waals surface area contributed by atoms with Gasteiger partial charge in [0.05, 0.1) is 0 Å². The van der Waals surface area contributed by atoms with E-state index in [1.165, 1.54) is 6.42 Å². The summed E-state index contributed by atoms with van der Waals surface area (Å²) < 4.78 is 0. The van der Waals surface area contributed by atoms with Gasteiger partial charge in [0.15, 0.2) is 0 Å². The highest BCUT2D eigenvalue weighted by Gasteiger charge is 2.62. The molecule has 0 aromatic heterocycles. The number of hydrogen-bond acceptors (Lipinski definition) is 0. The van der Waals surface area contributed by atoms with Gasteiger partial charge in [0.2, 0.25) is 0 Å². The molecule has 0 spiro atoms. The van der Waals surface area contributed by atoms with Gasteiger partial charge in [-0.1, -0.05) is 54.9 Å². The molecule has 0 nitrogen and oxygen atoms in total. The van der Waals surface area contributed by atoms with Crippen LogP contribution >= 0.6 is 0 Å². The first kappa shape index (κ1) is 14.0. The van der Waals surface area contributed by atoms with Gasteiger partial charge in [-0.15, -0.1) is 0 Å². The van der Waals surface area contributed by atoms with E-state index < -0.39 is 0 Å². The molecule has 0 bridgehead atoms.